The van der Waals surface area contributed by atoms with Crippen molar-refractivity contribution in [1.82, 2.24) is 0 Å². The van der Waals surface area contributed by atoms with Crippen molar-refractivity contribution < 1.29 is 22.7 Å². The van der Waals surface area contributed by atoms with Crippen LogP contribution in [0.2, 0.25) is 5.02 Å². The van der Waals surface area contributed by atoms with E-state index in [1.807, 2.05) is 18.2 Å². The molecule has 1 heterocycles. The lowest BCUT2D eigenvalue weighted by Crippen LogP contribution is -2.30. The minimum Gasteiger partial charge on any atom is -0.493 e. The van der Waals surface area contributed by atoms with E-state index in [-0.39, 0.29) is 0 Å². The van der Waals surface area contributed by atoms with Crippen LogP contribution in [0.1, 0.15) is 12.0 Å². The fourth-order valence-corrected chi connectivity index (χ4v) is 1.52. The molecule has 0 radical (unpaired) electrons. The van der Waals surface area contributed by atoms with E-state index in [4.69, 9.17) is 21.1 Å². The molecule has 18 heavy (non-hydrogen) atoms. The van der Waals surface area contributed by atoms with Crippen molar-refractivity contribution in [1.29, 1.82) is 0 Å². The Hall–Kier alpha value is -1.43. The number of hydrogen-bond acceptors (Lipinski definition) is 2. The van der Waals surface area contributed by atoms with Gasteiger partial charge in [0.2, 0.25) is 0 Å². The van der Waals surface area contributed by atoms with Crippen molar-refractivity contribution in [3.63, 3.8) is 0 Å². The van der Waals surface area contributed by atoms with Gasteiger partial charge in [0, 0.05) is 5.02 Å². The zero-order valence-corrected chi connectivity index (χ0v) is 10.0. The Morgan fingerprint density at radius 1 is 1.39 bits per heavy atom. The summed E-state index contributed by atoms with van der Waals surface area (Å²) in [5.41, 5.74) is 5.05. The normalized spacial score (nSPS) is 13.8. The first kappa shape index (κ1) is 14.6. The van der Waals surface area contributed by atoms with Crippen LogP contribution in [0.3, 0.4) is 0 Å². The molecule has 2 N–H and O–H groups in total. The largest absolute Gasteiger partial charge is 0.493 e. The molecule has 1 aliphatic heterocycles. The van der Waals surface area contributed by atoms with E-state index in [0.29, 0.717) is 0 Å². The first-order valence-corrected chi connectivity index (χ1v) is 5.46. The Morgan fingerprint density at radius 3 is 2.56 bits per heavy atom. The van der Waals surface area contributed by atoms with E-state index >= 15 is 0 Å². The molecule has 1 aromatic rings. The van der Waals surface area contributed by atoms with Crippen molar-refractivity contribution >= 4 is 17.5 Å². The third-order valence-electron chi connectivity index (χ3n) is 2.15. The minimum absolute atomic E-state index is 0.800. The number of rotatable bonds is 0. The Balaban J connectivity index is 0.000000203. The maximum atomic E-state index is 10.7. The second-order valence-electron chi connectivity index (χ2n) is 3.57. The summed E-state index contributed by atoms with van der Waals surface area (Å²) in [6.45, 7) is 0.842. The standard InChI is InChI=1S/C9H9ClO.C2H2F3NO/c10-8-3-4-9-7(6-8)2-1-5-11-9;3-2(4,5)1(6)7/h3-4,6H,1-2,5H2;(H2,6,7). The van der Waals surface area contributed by atoms with Gasteiger partial charge in [-0.3, -0.25) is 4.79 Å². The van der Waals surface area contributed by atoms with Crippen LogP contribution in [0, 0.1) is 0 Å². The second kappa shape index (κ2) is 5.95. The van der Waals surface area contributed by atoms with Gasteiger partial charge in [0.15, 0.2) is 0 Å². The van der Waals surface area contributed by atoms with Crippen LogP contribution in [0.25, 0.3) is 0 Å². The van der Waals surface area contributed by atoms with E-state index in [0.717, 1.165) is 30.2 Å². The molecule has 1 aromatic carbocycles. The van der Waals surface area contributed by atoms with Crippen LogP contribution in [-0.4, -0.2) is 18.7 Å². The molecule has 100 valence electrons. The molecule has 3 nitrogen and oxygen atoms in total. The molecular formula is C11H11ClF3NO2. The summed E-state index contributed by atoms with van der Waals surface area (Å²) in [5, 5.41) is 0.800. The molecule has 0 spiro atoms. The van der Waals surface area contributed by atoms with Gasteiger partial charge in [-0.15, -0.1) is 0 Å². The number of hydrogen-bond donors (Lipinski definition) is 1. The van der Waals surface area contributed by atoms with E-state index in [1.165, 1.54) is 5.56 Å². The van der Waals surface area contributed by atoms with Gasteiger partial charge >= 0.3 is 12.1 Å². The maximum Gasteiger partial charge on any atom is 0.470 e. The molecule has 0 fully saturated rings. The lowest BCUT2D eigenvalue weighted by Gasteiger charge is -2.16. The van der Waals surface area contributed by atoms with E-state index in [1.54, 1.807) is 0 Å². The van der Waals surface area contributed by atoms with Gasteiger partial charge in [0.1, 0.15) is 5.75 Å². The van der Waals surface area contributed by atoms with Gasteiger partial charge in [-0.25, -0.2) is 0 Å². The number of halogens is 4. The number of fused-ring (bicyclic) bond motifs is 1. The lowest BCUT2D eigenvalue weighted by atomic mass is 10.1. The summed E-state index contributed by atoms with van der Waals surface area (Å²) in [4.78, 5) is 9.12. The summed E-state index contributed by atoms with van der Waals surface area (Å²) < 4.78 is 37.5. The number of nitrogens with two attached hydrogens (primary N) is 1. The summed E-state index contributed by atoms with van der Waals surface area (Å²) in [5.74, 6) is -1.26. The molecule has 0 atom stereocenters. The molecular weight excluding hydrogens is 271 g/mol. The third kappa shape index (κ3) is 4.44. The average Bonchev–Trinajstić information content (AvgIpc) is 2.28. The van der Waals surface area contributed by atoms with Crippen LogP contribution in [0.15, 0.2) is 18.2 Å². The highest BCUT2D eigenvalue weighted by Crippen LogP contribution is 2.27. The van der Waals surface area contributed by atoms with Crippen LogP contribution >= 0.6 is 11.6 Å². The van der Waals surface area contributed by atoms with Gasteiger partial charge < -0.3 is 10.5 Å². The first-order valence-electron chi connectivity index (χ1n) is 5.08. The number of carbonyl (C=O) groups excluding carboxylic acids is 1. The Bertz CT molecular complexity index is 435. The topological polar surface area (TPSA) is 52.3 Å². The van der Waals surface area contributed by atoms with Gasteiger partial charge in [-0.2, -0.15) is 13.2 Å². The van der Waals surface area contributed by atoms with Crippen LogP contribution in [0.4, 0.5) is 13.2 Å². The van der Waals surface area contributed by atoms with Crippen molar-refractivity contribution in [3.05, 3.63) is 28.8 Å². The smallest absolute Gasteiger partial charge is 0.470 e. The SMILES string of the molecule is Clc1ccc2c(c1)CCCO2.NC(=O)C(F)(F)F. The molecule has 1 aliphatic rings. The zero-order chi connectivity index (χ0) is 13.8. The number of benzene rings is 1. The molecule has 0 aliphatic carbocycles. The molecule has 1 amide bonds. The minimum atomic E-state index is -4.86. The van der Waals surface area contributed by atoms with Crippen molar-refractivity contribution in [2.24, 2.45) is 5.73 Å². The van der Waals surface area contributed by atoms with Crippen LogP contribution < -0.4 is 10.5 Å². The predicted molar refractivity (Wildman–Crippen MR) is 60.5 cm³/mol. The fourth-order valence-electron chi connectivity index (χ4n) is 1.33. The van der Waals surface area contributed by atoms with Crippen molar-refractivity contribution in [2.75, 3.05) is 6.61 Å². The summed E-state index contributed by atoms with van der Waals surface area (Å²) in [6.07, 6.45) is -2.66. The fraction of sp³-hybridized carbons (Fsp3) is 0.364. The molecule has 0 bridgehead atoms. The molecule has 0 aromatic heterocycles. The van der Waals surface area contributed by atoms with E-state index < -0.39 is 12.1 Å². The number of carbonyl (C=O) groups is 1. The van der Waals surface area contributed by atoms with E-state index in [9.17, 15) is 13.2 Å². The maximum absolute atomic E-state index is 10.7. The third-order valence-corrected chi connectivity index (χ3v) is 2.39. The Morgan fingerprint density at radius 2 is 2.00 bits per heavy atom. The van der Waals surface area contributed by atoms with Crippen LogP contribution in [-0.2, 0) is 11.2 Å². The highest BCUT2D eigenvalue weighted by atomic mass is 35.5. The monoisotopic (exact) mass is 281 g/mol. The van der Waals surface area contributed by atoms with Gasteiger partial charge in [0.25, 0.3) is 0 Å². The molecule has 0 unspecified atom stereocenters. The van der Waals surface area contributed by atoms with Gasteiger partial charge in [-0.05, 0) is 36.6 Å². The number of primary amides is 1. The number of ether oxygens (including phenoxy) is 1. The number of aryl methyl sites for hydroxylation is 1. The molecule has 7 heteroatoms. The first-order chi connectivity index (χ1) is 8.30. The Labute approximate surface area is 107 Å². The quantitative estimate of drug-likeness (QED) is 0.795. The molecule has 0 saturated carbocycles. The van der Waals surface area contributed by atoms with E-state index in [2.05, 4.69) is 5.73 Å². The molecule has 2 rings (SSSR count). The summed E-state index contributed by atoms with van der Waals surface area (Å²) >= 11 is 5.82. The van der Waals surface area contributed by atoms with Gasteiger partial charge in [-0.1, -0.05) is 11.6 Å². The summed E-state index contributed by atoms with van der Waals surface area (Å²) in [7, 11) is 0. The summed E-state index contributed by atoms with van der Waals surface area (Å²) in [6, 6.07) is 5.79. The van der Waals surface area contributed by atoms with Crippen molar-refractivity contribution in [3.8, 4) is 5.75 Å². The number of amides is 1. The van der Waals surface area contributed by atoms with Gasteiger partial charge in [0.05, 0.1) is 6.61 Å². The second-order valence-corrected chi connectivity index (χ2v) is 4.00. The lowest BCUT2D eigenvalue weighted by molar-refractivity contribution is -0.169. The molecule has 0 saturated heterocycles. The average molecular weight is 282 g/mol. The Kier molecular flexibility index (Phi) is 4.84. The highest BCUT2D eigenvalue weighted by molar-refractivity contribution is 6.30. The predicted octanol–water partition coefficient (Wildman–Crippen LogP) is 2.70. The zero-order valence-electron chi connectivity index (χ0n) is 9.26. The highest BCUT2D eigenvalue weighted by Gasteiger charge is 2.35. The van der Waals surface area contributed by atoms with Crippen LogP contribution in [0.5, 0.6) is 5.75 Å². The van der Waals surface area contributed by atoms with Crippen molar-refractivity contribution in [2.45, 2.75) is 19.0 Å². The number of alkyl halides is 3.